The van der Waals surface area contributed by atoms with E-state index in [4.69, 9.17) is 23.2 Å². The number of pyridine rings is 1. The second kappa shape index (κ2) is 11.2. The third kappa shape index (κ3) is 6.01. The molecule has 7 nitrogen and oxygen atoms in total. The van der Waals surface area contributed by atoms with Crippen LogP contribution in [0.25, 0.3) is 22.4 Å². The number of nitrogens with zero attached hydrogens (tertiary/aromatic N) is 3. The number of rotatable bonds is 7. The van der Waals surface area contributed by atoms with E-state index in [0.29, 0.717) is 37.6 Å². The first kappa shape index (κ1) is 25.2. The number of amides is 1. The first-order chi connectivity index (χ1) is 17.3. The lowest BCUT2D eigenvalue weighted by atomic mass is 9.99. The van der Waals surface area contributed by atoms with Crippen LogP contribution in [0.4, 0.5) is 11.4 Å². The highest BCUT2D eigenvalue weighted by Crippen LogP contribution is 2.35. The SMILES string of the molecule is N#Cc1c(-c2ccc(Cl)cc2)cc(-c2ccc(Cl)cc2)nc1SCC(=O)Nc1ccc([N+](=O)[O-])cc1. The van der Waals surface area contributed by atoms with Crippen molar-refractivity contribution in [1.82, 2.24) is 4.98 Å². The standard InChI is InChI=1S/C26H16Cl2N4O3S/c27-18-5-1-16(2-6-18)22-13-24(17-3-7-19(28)8-4-17)31-26(23(22)14-29)36-15-25(33)30-20-9-11-21(12-10-20)32(34)35/h1-13H,15H2,(H,30,33). The monoisotopic (exact) mass is 534 g/mol. The highest BCUT2D eigenvalue weighted by Gasteiger charge is 2.17. The first-order valence-corrected chi connectivity index (χ1v) is 12.2. The molecule has 10 heteroatoms. The summed E-state index contributed by atoms with van der Waals surface area (Å²) in [5.74, 6) is -0.368. The second-order valence-corrected chi connectivity index (χ2v) is 9.34. The van der Waals surface area contributed by atoms with Crippen molar-refractivity contribution in [2.75, 3.05) is 11.1 Å². The molecule has 1 heterocycles. The zero-order valence-electron chi connectivity index (χ0n) is 18.4. The van der Waals surface area contributed by atoms with E-state index in [1.54, 1.807) is 24.3 Å². The molecule has 178 valence electrons. The average molecular weight is 535 g/mol. The number of hydrogen-bond donors (Lipinski definition) is 1. The van der Waals surface area contributed by atoms with Gasteiger partial charge in [0.05, 0.1) is 21.9 Å². The van der Waals surface area contributed by atoms with Crippen molar-refractivity contribution >= 4 is 52.2 Å². The van der Waals surface area contributed by atoms with Gasteiger partial charge in [-0.25, -0.2) is 4.98 Å². The molecule has 0 radical (unpaired) electrons. The Morgan fingerprint density at radius 1 is 0.972 bits per heavy atom. The van der Waals surface area contributed by atoms with E-state index in [1.165, 1.54) is 24.3 Å². The van der Waals surface area contributed by atoms with Gasteiger partial charge in [-0.3, -0.25) is 14.9 Å². The fourth-order valence-electron chi connectivity index (χ4n) is 3.36. The summed E-state index contributed by atoms with van der Waals surface area (Å²) >= 11 is 13.2. The minimum atomic E-state index is -0.511. The van der Waals surface area contributed by atoms with Crippen molar-refractivity contribution < 1.29 is 9.72 Å². The van der Waals surface area contributed by atoms with Gasteiger partial charge in [-0.2, -0.15) is 5.26 Å². The molecule has 1 N–H and O–H groups in total. The molecule has 0 spiro atoms. The number of hydrogen-bond acceptors (Lipinski definition) is 6. The number of benzene rings is 3. The van der Waals surface area contributed by atoms with Gasteiger partial charge in [-0.1, -0.05) is 59.2 Å². The number of anilines is 1. The molecule has 1 amide bonds. The molecule has 1 aromatic heterocycles. The Bertz CT molecular complexity index is 1470. The zero-order valence-corrected chi connectivity index (χ0v) is 20.8. The number of carbonyl (C=O) groups is 1. The fourth-order valence-corrected chi connectivity index (χ4v) is 4.41. The molecule has 0 aliphatic carbocycles. The number of nitro benzene ring substituents is 1. The molecular weight excluding hydrogens is 519 g/mol. The summed E-state index contributed by atoms with van der Waals surface area (Å²) in [6.07, 6.45) is 0. The predicted octanol–water partition coefficient (Wildman–Crippen LogP) is 7.23. The number of halogens is 2. The molecule has 0 aliphatic rings. The molecule has 0 bridgehead atoms. The lowest BCUT2D eigenvalue weighted by Crippen LogP contribution is -2.14. The Morgan fingerprint density at radius 2 is 1.56 bits per heavy atom. The predicted molar refractivity (Wildman–Crippen MR) is 142 cm³/mol. The van der Waals surface area contributed by atoms with E-state index in [-0.39, 0.29) is 17.3 Å². The summed E-state index contributed by atoms with van der Waals surface area (Å²) in [6, 6.07) is 23.9. The van der Waals surface area contributed by atoms with Crippen LogP contribution in [0.1, 0.15) is 5.56 Å². The summed E-state index contributed by atoms with van der Waals surface area (Å²) in [5, 5.41) is 25.1. The van der Waals surface area contributed by atoms with Crippen LogP contribution in [-0.4, -0.2) is 21.6 Å². The summed E-state index contributed by atoms with van der Waals surface area (Å²) in [5.41, 5.74) is 3.56. The van der Waals surface area contributed by atoms with Crippen molar-refractivity contribution in [3.8, 4) is 28.5 Å². The lowest BCUT2D eigenvalue weighted by Gasteiger charge is -2.13. The van der Waals surface area contributed by atoms with E-state index in [1.807, 2.05) is 30.3 Å². The molecule has 36 heavy (non-hydrogen) atoms. The maximum atomic E-state index is 12.6. The number of nitro groups is 1. The average Bonchev–Trinajstić information content (AvgIpc) is 2.88. The largest absolute Gasteiger partial charge is 0.325 e. The highest BCUT2D eigenvalue weighted by atomic mass is 35.5. The van der Waals surface area contributed by atoms with Gasteiger partial charge in [0, 0.05) is 39.0 Å². The van der Waals surface area contributed by atoms with Gasteiger partial charge in [0.15, 0.2) is 0 Å². The van der Waals surface area contributed by atoms with E-state index in [9.17, 15) is 20.2 Å². The van der Waals surface area contributed by atoms with Crippen LogP contribution in [0.5, 0.6) is 0 Å². The number of non-ortho nitro benzene ring substituents is 1. The summed E-state index contributed by atoms with van der Waals surface area (Å²) in [7, 11) is 0. The number of carbonyl (C=O) groups excluding carboxylic acids is 1. The highest BCUT2D eigenvalue weighted by molar-refractivity contribution is 8.00. The Balaban J connectivity index is 1.64. The van der Waals surface area contributed by atoms with Crippen LogP contribution in [-0.2, 0) is 4.79 Å². The topological polar surface area (TPSA) is 109 Å². The molecule has 0 aliphatic heterocycles. The van der Waals surface area contributed by atoms with Crippen LogP contribution in [0.15, 0.2) is 83.9 Å². The van der Waals surface area contributed by atoms with Gasteiger partial charge in [-0.05, 0) is 48.0 Å². The van der Waals surface area contributed by atoms with E-state index >= 15 is 0 Å². The van der Waals surface area contributed by atoms with Crippen LogP contribution < -0.4 is 5.32 Å². The maximum Gasteiger partial charge on any atom is 0.269 e. The zero-order chi connectivity index (χ0) is 25.7. The molecule has 3 aromatic carbocycles. The third-order valence-corrected chi connectivity index (χ3v) is 6.57. The number of nitrogens with one attached hydrogen (secondary N) is 1. The molecule has 0 saturated carbocycles. The fraction of sp³-hybridized carbons (Fsp3) is 0.0385. The van der Waals surface area contributed by atoms with Crippen molar-refractivity contribution in [2.45, 2.75) is 5.03 Å². The molecular formula is C26H16Cl2N4O3S. The van der Waals surface area contributed by atoms with Gasteiger partial charge in [0.1, 0.15) is 11.1 Å². The Morgan fingerprint density at radius 3 is 2.11 bits per heavy atom. The maximum absolute atomic E-state index is 12.6. The summed E-state index contributed by atoms with van der Waals surface area (Å²) in [6.45, 7) is 0. The summed E-state index contributed by atoms with van der Waals surface area (Å²) in [4.78, 5) is 27.6. The van der Waals surface area contributed by atoms with Crippen molar-refractivity contribution in [2.24, 2.45) is 0 Å². The molecule has 4 rings (SSSR count). The molecule has 0 unspecified atom stereocenters. The van der Waals surface area contributed by atoms with Crippen molar-refractivity contribution in [3.05, 3.63) is 105 Å². The van der Waals surface area contributed by atoms with Gasteiger partial charge < -0.3 is 5.32 Å². The molecule has 4 aromatic rings. The van der Waals surface area contributed by atoms with Crippen LogP contribution in [0, 0.1) is 21.4 Å². The van der Waals surface area contributed by atoms with Crippen LogP contribution >= 0.6 is 35.0 Å². The quantitative estimate of drug-likeness (QED) is 0.152. The first-order valence-electron chi connectivity index (χ1n) is 10.5. The number of thioether (sulfide) groups is 1. The molecule has 0 fully saturated rings. The van der Waals surface area contributed by atoms with Gasteiger partial charge in [-0.15, -0.1) is 0 Å². The minimum absolute atomic E-state index is 0.0250. The van der Waals surface area contributed by atoms with Crippen LogP contribution in [0.3, 0.4) is 0 Å². The molecule has 0 saturated heterocycles. The number of nitriles is 1. The van der Waals surface area contributed by atoms with Gasteiger partial charge in [0.2, 0.25) is 5.91 Å². The van der Waals surface area contributed by atoms with E-state index in [2.05, 4.69) is 16.4 Å². The Hall–Kier alpha value is -3.90. The minimum Gasteiger partial charge on any atom is -0.325 e. The lowest BCUT2D eigenvalue weighted by molar-refractivity contribution is -0.384. The van der Waals surface area contributed by atoms with Crippen LogP contribution in [0.2, 0.25) is 10.0 Å². The second-order valence-electron chi connectivity index (χ2n) is 7.50. The number of aromatic nitrogens is 1. The smallest absolute Gasteiger partial charge is 0.269 e. The Kier molecular flexibility index (Phi) is 7.86. The van der Waals surface area contributed by atoms with Crippen molar-refractivity contribution in [1.29, 1.82) is 5.26 Å². The molecule has 0 atom stereocenters. The third-order valence-electron chi connectivity index (χ3n) is 5.10. The van der Waals surface area contributed by atoms with E-state index < -0.39 is 4.92 Å². The Labute approximate surface area is 220 Å². The summed E-state index contributed by atoms with van der Waals surface area (Å²) < 4.78 is 0. The van der Waals surface area contributed by atoms with Gasteiger partial charge >= 0.3 is 0 Å². The normalized spacial score (nSPS) is 10.5. The van der Waals surface area contributed by atoms with Crippen molar-refractivity contribution in [3.63, 3.8) is 0 Å². The van der Waals surface area contributed by atoms with Gasteiger partial charge in [0.25, 0.3) is 5.69 Å². The van der Waals surface area contributed by atoms with E-state index in [0.717, 1.165) is 22.9 Å².